The molecular weight excluding hydrogens is 419 g/mol. The van der Waals surface area contributed by atoms with Crippen LogP contribution in [0.3, 0.4) is 0 Å². The summed E-state index contributed by atoms with van der Waals surface area (Å²) in [6, 6.07) is 16.4. The Hall–Kier alpha value is -3.38. The van der Waals surface area contributed by atoms with Crippen molar-refractivity contribution in [3.8, 4) is 11.5 Å². The average Bonchev–Trinajstić information content (AvgIpc) is 3.13. The first-order valence-corrected chi connectivity index (χ1v) is 10.1. The molecule has 1 saturated heterocycles. The summed E-state index contributed by atoms with van der Waals surface area (Å²) >= 11 is 6.32. The predicted molar refractivity (Wildman–Crippen MR) is 117 cm³/mol. The molecule has 31 heavy (non-hydrogen) atoms. The number of halogens is 2. The highest BCUT2D eigenvalue weighted by molar-refractivity contribution is 6.32. The van der Waals surface area contributed by atoms with Gasteiger partial charge in [0.05, 0.1) is 5.02 Å². The van der Waals surface area contributed by atoms with E-state index in [0.29, 0.717) is 46.3 Å². The van der Waals surface area contributed by atoms with Crippen molar-refractivity contribution >= 4 is 29.1 Å². The lowest BCUT2D eigenvalue weighted by atomic mass is 9.98. The van der Waals surface area contributed by atoms with E-state index >= 15 is 0 Å². The molecule has 0 aliphatic carbocycles. The Morgan fingerprint density at radius 1 is 1.13 bits per heavy atom. The summed E-state index contributed by atoms with van der Waals surface area (Å²) in [4.78, 5) is 25.8. The molecule has 3 aromatic rings. The number of rotatable bonds is 5. The van der Waals surface area contributed by atoms with Crippen molar-refractivity contribution in [2.24, 2.45) is 5.73 Å². The maximum absolute atomic E-state index is 13.4. The molecule has 158 valence electrons. The van der Waals surface area contributed by atoms with Crippen molar-refractivity contribution in [1.29, 1.82) is 0 Å². The van der Waals surface area contributed by atoms with Gasteiger partial charge in [-0.3, -0.25) is 9.59 Å². The standard InChI is InChI=1S/C24H20ClFN2O3/c1-14-9-18(26)6-8-21(14)31-22-11-15(5-7-20(22)25)17-12-23(29)28(13-17)19-4-2-3-16(10-19)24(27)30/h2-11,17H,12-13H2,1H3,(H2,27,30)/t17-/m0/s1. The fourth-order valence-corrected chi connectivity index (χ4v) is 3.86. The number of amides is 2. The smallest absolute Gasteiger partial charge is 0.248 e. The predicted octanol–water partition coefficient (Wildman–Crippen LogP) is 5.20. The number of primary amides is 1. The number of carbonyl (C=O) groups is 2. The molecule has 7 heteroatoms. The zero-order valence-electron chi connectivity index (χ0n) is 16.8. The van der Waals surface area contributed by atoms with Crippen molar-refractivity contribution < 1.29 is 18.7 Å². The molecule has 1 aliphatic rings. The number of aryl methyl sites for hydroxylation is 1. The van der Waals surface area contributed by atoms with Gasteiger partial charge in [0.15, 0.2) is 0 Å². The quantitative estimate of drug-likeness (QED) is 0.595. The molecule has 1 heterocycles. The number of nitrogens with zero attached hydrogens (tertiary/aromatic N) is 1. The van der Waals surface area contributed by atoms with Crippen LogP contribution in [-0.2, 0) is 4.79 Å². The lowest BCUT2D eigenvalue weighted by Crippen LogP contribution is -2.24. The van der Waals surface area contributed by atoms with Crippen LogP contribution in [-0.4, -0.2) is 18.4 Å². The summed E-state index contributed by atoms with van der Waals surface area (Å²) in [6.45, 7) is 2.21. The van der Waals surface area contributed by atoms with Crippen molar-refractivity contribution in [3.63, 3.8) is 0 Å². The fourth-order valence-electron chi connectivity index (χ4n) is 3.71. The summed E-state index contributed by atoms with van der Waals surface area (Å²) < 4.78 is 19.3. The molecule has 5 nitrogen and oxygen atoms in total. The van der Waals surface area contributed by atoms with Crippen molar-refractivity contribution in [2.45, 2.75) is 19.3 Å². The van der Waals surface area contributed by atoms with E-state index < -0.39 is 5.91 Å². The summed E-state index contributed by atoms with van der Waals surface area (Å²) in [5.74, 6) is -0.0456. The van der Waals surface area contributed by atoms with Gasteiger partial charge in [-0.2, -0.15) is 0 Å². The monoisotopic (exact) mass is 438 g/mol. The molecule has 1 aliphatic heterocycles. The second-order valence-corrected chi connectivity index (χ2v) is 7.93. The van der Waals surface area contributed by atoms with Crippen LogP contribution in [0.5, 0.6) is 11.5 Å². The first-order chi connectivity index (χ1) is 14.8. The Morgan fingerprint density at radius 2 is 1.94 bits per heavy atom. The van der Waals surface area contributed by atoms with Crippen LogP contribution >= 0.6 is 11.6 Å². The largest absolute Gasteiger partial charge is 0.456 e. The molecule has 0 aromatic heterocycles. The zero-order valence-corrected chi connectivity index (χ0v) is 17.5. The van der Waals surface area contributed by atoms with Crippen LogP contribution in [0.15, 0.2) is 60.7 Å². The third-order valence-electron chi connectivity index (χ3n) is 5.35. The molecule has 3 aromatic carbocycles. The van der Waals surface area contributed by atoms with Gasteiger partial charge in [0.2, 0.25) is 11.8 Å². The van der Waals surface area contributed by atoms with E-state index in [4.69, 9.17) is 22.1 Å². The molecule has 4 rings (SSSR count). The first kappa shape index (κ1) is 20.9. The molecule has 0 spiro atoms. The van der Waals surface area contributed by atoms with E-state index in [1.807, 2.05) is 12.1 Å². The lowest BCUT2D eigenvalue weighted by molar-refractivity contribution is -0.117. The summed E-state index contributed by atoms with van der Waals surface area (Å²) in [5.41, 5.74) is 7.90. The Labute approximate surface area is 184 Å². The second kappa shape index (κ2) is 8.40. The zero-order chi connectivity index (χ0) is 22.1. The molecule has 0 unspecified atom stereocenters. The van der Waals surface area contributed by atoms with E-state index in [-0.39, 0.29) is 17.6 Å². The number of hydrogen-bond acceptors (Lipinski definition) is 3. The Kier molecular flexibility index (Phi) is 5.65. The van der Waals surface area contributed by atoms with Crippen LogP contribution in [0.1, 0.15) is 33.8 Å². The number of anilines is 1. The van der Waals surface area contributed by atoms with Crippen LogP contribution in [0.25, 0.3) is 0 Å². The van der Waals surface area contributed by atoms with Gasteiger partial charge in [-0.1, -0.05) is 23.7 Å². The van der Waals surface area contributed by atoms with Crippen molar-refractivity contribution in [1.82, 2.24) is 0 Å². The van der Waals surface area contributed by atoms with Gasteiger partial charge < -0.3 is 15.4 Å². The fraction of sp³-hybridized carbons (Fsp3) is 0.167. The molecule has 0 bridgehead atoms. The number of hydrogen-bond donors (Lipinski definition) is 1. The summed E-state index contributed by atoms with van der Waals surface area (Å²) in [5, 5.41) is 0.419. The number of ether oxygens (including phenoxy) is 1. The van der Waals surface area contributed by atoms with Gasteiger partial charge in [0, 0.05) is 30.1 Å². The highest BCUT2D eigenvalue weighted by atomic mass is 35.5. The number of carbonyl (C=O) groups excluding carboxylic acids is 2. The van der Waals surface area contributed by atoms with Gasteiger partial charge in [0.1, 0.15) is 17.3 Å². The maximum atomic E-state index is 13.4. The minimum absolute atomic E-state index is 0.0431. The van der Waals surface area contributed by atoms with Crippen LogP contribution in [0, 0.1) is 12.7 Å². The molecule has 2 amide bonds. The maximum Gasteiger partial charge on any atom is 0.248 e. The molecule has 1 fully saturated rings. The summed E-state index contributed by atoms with van der Waals surface area (Å²) in [7, 11) is 0. The first-order valence-electron chi connectivity index (χ1n) is 9.75. The van der Waals surface area contributed by atoms with Crippen LogP contribution < -0.4 is 15.4 Å². The van der Waals surface area contributed by atoms with Gasteiger partial charge in [0.25, 0.3) is 0 Å². The van der Waals surface area contributed by atoms with Gasteiger partial charge >= 0.3 is 0 Å². The highest BCUT2D eigenvalue weighted by Gasteiger charge is 2.32. The van der Waals surface area contributed by atoms with Gasteiger partial charge in [-0.15, -0.1) is 0 Å². The normalized spacial score (nSPS) is 15.9. The molecule has 1 atom stereocenters. The van der Waals surface area contributed by atoms with E-state index in [1.54, 1.807) is 48.2 Å². The third-order valence-corrected chi connectivity index (χ3v) is 5.66. The Morgan fingerprint density at radius 3 is 2.68 bits per heavy atom. The van der Waals surface area contributed by atoms with Crippen LogP contribution in [0.2, 0.25) is 5.02 Å². The van der Waals surface area contributed by atoms with E-state index in [0.717, 1.165) is 5.56 Å². The van der Waals surface area contributed by atoms with E-state index in [2.05, 4.69) is 0 Å². The highest BCUT2D eigenvalue weighted by Crippen LogP contribution is 2.37. The minimum atomic E-state index is -0.541. The SMILES string of the molecule is Cc1cc(F)ccc1Oc1cc([C@H]2CC(=O)N(c3cccc(C(N)=O)c3)C2)ccc1Cl. The number of benzene rings is 3. The van der Waals surface area contributed by atoms with Gasteiger partial charge in [-0.05, 0) is 66.6 Å². The molecule has 0 saturated carbocycles. The average molecular weight is 439 g/mol. The van der Waals surface area contributed by atoms with Gasteiger partial charge in [-0.25, -0.2) is 4.39 Å². The van der Waals surface area contributed by atoms with E-state index in [1.165, 1.54) is 12.1 Å². The van der Waals surface area contributed by atoms with Crippen molar-refractivity contribution in [3.05, 3.63) is 88.2 Å². The minimum Gasteiger partial charge on any atom is -0.456 e. The van der Waals surface area contributed by atoms with E-state index in [9.17, 15) is 14.0 Å². The third kappa shape index (κ3) is 4.39. The topological polar surface area (TPSA) is 72.6 Å². The lowest BCUT2D eigenvalue weighted by Gasteiger charge is -2.18. The van der Waals surface area contributed by atoms with Crippen LogP contribution in [0.4, 0.5) is 10.1 Å². The number of nitrogens with two attached hydrogens (primary N) is 1. The van der Waals surface area contributed by atoms with Crippen molar-refractivity contribution in [2.75, 3.05) is 11.4 Å². The molecular formula is C24H20ClFN2O3. The summed E-state index contributed by atoms with van der Waals surface area (Å²) in [6.07, 6.45) is 0.317. The Bertz CT molecular complexity index is 1180. The Balaban J connectivity index is 1.58. The molecule has 0 radical (unpaired) electrons. The second-order valence-electron chi connectivity index (χ2n) is 7.52. The molecule has 2 N–H and O–H groups in total.